The maximum absolute atomic E-state index is 11.9. The van der Waals surface area contributed by atoms with Crippen molar-refractivity contribution >= 4 is 11.6 Å². The summed E-state index contributed by atoms with van der Waals surface area (Å²) in [5.41, 5.74) is 4.15. The van der Waals surface area contributed by atoms with Crippen LogP contribution >= 0.6 is 0 Å². The second-order valence-corrected chi connectivity index (χ2v) is 6.08. The molecule has 2 rings (SSSR count). The van der Waals surface area contributed by atoms with E-state index in [0.29, 0.717) is 18.6 Å². The number of hydrogen-bond donors (Lipinski definition) is 0. The second-order valence-electron chi connectivity index (χ2n) is 6.08. The molecule has 0 saturated carbocycles. The van der Waals surface area contributed by atoms with E-state index in [4.69, 9.17) is 0 Å². The molecule has 0 aliphatic heterocycles. The van der Waals surface area contributed by atoms with Gasteiger partial charge < -0.3 is 0 Å². The standard InChI is InChI=1S/C20H23O2/c1-14(2)20-13-17(9-12-19(20)15(3)21)8-11-18(22)10-7-16-5-4-6-16/h4-6,9,12-13H,7-8,10-11H2,1-3H3/q+1. The predicted molar refractivity (Wildman–Crippen MR) is 89.9 cm³/mol. The molecule has 0 bridgehead atoms. The van der Waals surface area contributed by atoms with Crippen LogP contribution in [0.1, 0.15) is 61.5 Å². The molecular formula is C20H23O2+. The van der Waals surface area contributed by atoms with Crippen LogP contribution in [0.25, 0.3) is 0 Å². The summed E-state index contributed by atoms with van der Waals surface area (Å²) in [5.74, 6) is 1.51. The molecule has 114 valence electrons. The Morgan fingerprint density at radius 2 is 1.77 bits per heavy atom. The van der Waals surface area contributed by atoms with Crippen molar-refractivity contribution in [2.75, 3.05) is 0 Å². The van der Waals surface area contributed by atoms with Crippen LogP contribution in [0, 0.1) is 5.92 Å². The summed E-state index contributed by atoms with van der Waals surface area (Å²) in [7, 11) is 0. The maximum atomic E-state index is 11.9. The molecule has 1 aliphatic rings. The van der Waals surface area contributed by atoms with Crippen LogP contribution in [0.3, 0.4) is 0 Å². The fourth-order valence-electron chi connectivity index (χ4n) is 2.56. The van der Waals surface area contributed by atoms with E-state index in [1.807, 2.05) is 32.1 Å². The third-order valence-corrected chi connectivity index (χ3v) is 4.01. The van der Waals surface area contributed by atoms with Crippen molar-refractivity contribution in [3.63, 3.8) is 0 Å². The van der Waals surface area contributed by atoms with E-state index in [1.54, 1.807) is 6.92 Å². The van der Waals surface area contributed by atoms with Gasteiger partial charge in [0.05, 0.1) is 6.07 Å². The van der Waals surface area contributed by atoms with Gasteiger partial charge in [0, 0.05) is 51.2 Å². The molecule has 0 radical (unpaired) electrons. The fraction of sp³-hybridized carbons (Fsp3) is 0.350. The van der Waals surface area contributed by atoms with Crippen LogP contribution in [0.4, 0.5) is 0 Å². The molecule has 22 heavy (non-hydrogen) atoms. The molecule has 1 aromatic rings. The highest BCUT2D eigenvalue weighted by Crippen LogP contribution is 2.22. The number of benzene rings is 1. The van der Waals surface area contributed by atoms with Crippen molar-refractivity contribution in [2.45, 2.75) is 46.5 Å². The second kappa shape index (κ2) is 7.26. The van der Waals surface area contributed by atoms with Gasteiger partial charge in [-0.05, 0) is 24.5 Å². The average Bonchev–Trinajstić information content (AvgIpc) is 2.42. The normalized spacial score (nSPS) is 12.6. The molecular weight excluding hydrogens is 272 g/mol. The van der Waals surface area contributed by atoms with Gasteiger partial charge in [-0.3, -0.25) is 9.59 Å². The number of aryl methyl sites for hydroxylation is 1. The Morgan fingerprint density at radius 3 is 2.32 bits per heavy atom. The number of hydrogen-bond acceptors (Lipinski definition) is 2. The molecule has 0 N–H and O–H groups in total. The lowest BCUT2D eigenvalue weighted by molar-refractivity contribution is -0.119. The van der Waals surface area contributed by atoms with Crippen LogP contribution in [-0.4, -0.2) is 11.6 Å². The van der Waals surface area contributed by atoms with Crippen LogP contribution < -0.4 is 0 Å². The molecule has 1 aromatic carbocycles. The van der Waals surface area contributed by atoms with Crippen molar-refractivity contribution in [1.82, 2.24) is 0 Å². The number of carbonyl (C=O) groups is 2. The van der Waals surface area contributed by atoms with Crippen LogP contribution in [0.15, 0.2) is 42.0 Å². The van der Waals surface area contributed by atoms with Gasteiger partial charge in [-0.15, -0.1) is 0 Å². The van der Waals surface area contributed by atoms with Crippen molar-refractivity contribution in [3.8, 4) is 0 Å². The molecule has 0 amide bonds. The molecule has 0 heterocycles. The highest BCUT2D eigenvalue weighted by Gasteiger charge is 2.20. The Kier molecular flexibility index (Phi) is 5.37. The topological polar surface area (TPSA) is 34.1 Å². The molecule has 0 spiro atoms. The van der Waals surface area contributed by atoms with Gasteiger partial charge in [0.15, 0.2) is 0 Å². The first kappa shape index (κ1) is 16.3. The third kappa shape index (κ3) is 4.20. The predicted octanol–water partition coefficient (Wildman–Crippen LogP) is 4.63. The largest absolute Gasteiger partial charge is 0.300 e. The summed E-state index contributed by atoms with van der Waals surface area (Å²) in [4.78, 5) is 23.6. The minimum Gasteiger partial charge on any atom is -0.300 e. The summed E-state index contributed by atoms with van der Waals surface area (Å²) in [6, 6.07) is 5.90. The van der Waals surface area contributed by atoms with Crippen molar-refractivity contribution in [3.05, 3.63) is 64.6 Å². The SMILES string of the molecule is CC(=O)c1ccc(CCC(=O)CCC2=CC=C2)cc1[C+](C)C. The van der Waals surface area contributed by atoms with Gasteiger partial charge in [0.25, 0.3) is 0 Å². The lowest BCUT2D eigenvalue weighted by Crippen LogP contribution is -2.05. The van der Waals surface area contributed by atoms with E-state index in [0.717, 1.165) is 35.4 Å². The Balaban J connectivity index is 1.93. The zero-order valence-electron chi connectivity index (χ0n) is 13.6. The lowest BCUT2D eigenvalue weighted by Gasteiger charge is -2.07. The molecule has 2 nitrogen and oxygen atoms in total. The van der Waals surface area contributed by atoms with E-state index in [2.05, 4.69) is 18.2 Å². The van der Waals surface area contributed by atoms with Gasteiger partial charge in [0.1, 0.15) is 16.9 Å². The first-order valence-corrected chi connectivity index (χ1v) is 7.80. The smallest absolute Gasteiger partial charge is 0.215 e. The average molecular weight is 295 g/mol. The number of rotatable bonds is 8. The van der Waals surface area contributed by atoms with Gasteiger partial charge in [-0.2, -0.15) is 0 Å². The molecule has 0 aromatic heterocycles. The Morgan fingerprint density at radius 1 is 1.09 bits per heavy atom. The number of Topliss-reactive ketones (excluding diaryl/α,β-unsaturated/α-hetero) is 2. The zero-order chi connectivity index (χ0) is 16.1. The summed E-state index contributed by atoms with van der Waals surface area (Å²) in [5, 5.41) is 0. The quantitative estimate of drug-likeness (QED) is 0.517. The fourth-order valence-corrected chi connectivity index (χ4v) is 2.56. The van der Waals surface area contributed by atoms with Gasteiger partial charge in [0.2, 0.25) is 5.78 Å². The lowest BCUT2D eigenvalue weighted by atomic mass is 9.91. The highest BCUT2D eigenvalue weighted by atomic mass is 16.1. The van der Waals surface area contributed by atoms with Crippen LogP contribution in [0.2, 0.25) is 0 Å². The molecule has 0 atom stereocenters. The van der Waals surface area contributed by atoms with E-state index < -0.39 is 0 Å². The zero-order valence-corrected chi connectivity index (χ0v) is 13.6. The minimum atomic E-state index is 0.0839. The van der Waals surface area contributed by atoms with Gasteiger partial charge >= 0.3 is 0 Å². The Bertz CT molecular complexity index is 633. The maximum Gasteiger partial charge on any atom is 0.215 e. The van der Waals surface area contributed by atoms with Crippen LogP contribution in [-0.2, 0) is 11.2 Å². The van der Waals surface area contributed by atoms with E-state index in [-0.39, 0.29) is 5.78 Å². The molecule has 1 aliphatic carbocycles. The third-order valence-electron chi connectivity index (χ3n) is 4.01. The molecule has 0 saturated heterocycles. The van der Waals surface area contributed by atoms with Crippen molar-refractivity contribution in [1.29, 1.82) is 0 Å². The van der Waals surface area contributed by atoms with E-state index in [1.165, 1.54) is 5.57 Å². The van der Waals surface area contributed by atoms with Gasteiger partial charge in [-0.1, -0.05) is 18.2 Å². The molecule has 0 unspecified atom stereocenters. The summed E-state index contributed by atoms with van der Waals surface area (Å²) < 4.78 is 0. The van der Waals surface area contributed by atoms with Gasteiger partial charge in [-0.25, -0.2) is 0 Å². The van der Waals surface area contributed by atoms with E-state index >= 15 is 0 Å². The Labute approximate surface area is 132 Å². The highest BCUT2D eigenvalue weighted by molar-refractivity contribution is 5.96. The van der Waals surface area contributed by atoms with E-state index in [9.17, 15) is 9.59 Å². The Hall–Kier alpha value is -2.09. The first-order valence-electron chi connectivity index (χ1n) is 7.80. The monoisotopic (exact) mass is 295 g/mol. The van der Waals surface area contributed by atoms with Crippen molar-refractivity contribution < 1.29 is 9.59 Å². The summed E-state index contributed by atoms with van der Waals surface area (Å²) in [6.07, 6.45) is 8.89. The number of carbonyl (C=O) groups excluding carboxylic acids is 2. The minimum absolute atomic E-state index is 0.0839. The van der Waals surface area contributed by atoms with Crippen molar-refractivity contribution in [2.24, 2.45) is 0 Å². The molecule has 0 fully saturated rings. The first-order chi connectivity index (χ1) is 10.5. The summed E-state index contributed by atoms with van der Waals surface area (Å²) in [6.45, 7) is 5.61. The molecule has 2 heteroatoms. The van der Waals surface area contributed by atoms with Crippen LogP contribution in [0.5, 0.6) is 0 Å². The number of allylic oxidation sites excluding steroid dienone is 4. The number of ketones is 2. The summed E-state index contributed by atoms with van der Waals surface area (Å²) >= 11 is 0.